The average molecular weight is 338 g/mol. The van der Waals surface area contributed by atoms with E-state index in [-0.39, 0.29) is 5.75 Å². The Labute approximate surface area is 147 Å². The summed E-state index contributed by atoms with van der Waals surface area (Å²) in [6.45, 7) is 4.80. The number of aromatic hydroxyl groups is 1. The summed E-state index contributed by atoms with van der Waals surface area (Å²) >= 11 is 0. The Morgan fingerprint density at radius 3 is 2.32 bits per heavy atom. The molecule has 0 aliphatic rings. The van der Waals surface area contributed by atoms with E-state index in [4.69, 9.17) is 9.47 Å². The summed E-state index contributed by atoms with van der Waals surface area (Å²) < 4.78 is 12.9. The van der Waals surface area contributed by atoms with Crippen molar-refractivity contribution in [1.29, 1.82) is 0 Å². The molecule has 0 fully saturated rings. The van der Waals surface area contributed by atoms with Gasteiger partial charge in [-0.25, -0.2) is 4.68 Å². The summed E-state index contributed by atoms with van der Waals surface area (Å²) in [5, 5.41) is 14.1. The van der Waals surface area contributed by atoms with Crippen LogP contribution < -0.4 is 9.47 Å². The van der Waals surface area contributed by atoms with E-state index in [1.54, 1.807) is 19.2 Å². The second-order valence-electron chi connectivity index (χ2n) is 6.23. The highest BCUT2D eigenvalue weighted by Crippen LogP contribution is 2.29. The Kier molecular flexibility index (Phi) is 4.93. The second kappa shape index (κ2) is 7.30. The van der Waals surface area contributed by atoms with Crippen LogP contribution in [0.4, 0.5) is 0 Å². The number of nitrogens with zero attached hydrogens (tertiary/aromatic N) is 2. The molecule has 0 radical (unpaired) electrons. The molecule has 3 aromatic rings. The van der Waals surface area contributed by atoms with E-state index in [0.29, 0.717) is 18.4 Å². The summed E-state index contributed by atoms with van der Waals surface area (Å²) in [5.74, 6) is 2.02. The lowest BCUT2D eigenvalue weighted by Crippen LogP contribution is -2.05. The van der Waals surface area contributed by atoms with Crippen molar-refractivity contribution in [2.75, 3.05) is 13.7 Å². The van der Waals surface area contributed by atoms with Crippen LogP contribution in [0.15, 0.2) is 54.6 Å². The number of rotatable bonds is 6. The van der Waals surface area contributed by atoms with Crippen LogP contribution in [0.2, 0.25) is 0 Å². The molecule has 0 aliphatic heterocycles. The molecule has 1 aromatic heterocycles. The third kappa shape index (κ3) is 3.94. The molecular formula is C20H22N2O3. The Hall–Kier alpha value is -2.95. The van der Waals surface area contributed by atoms with Crippen LogP contribution in [-0.2, 0) is 0 Å². The van der Waals surface area contributed by atoms with E-state index in [9.17, 15) is 5.11 Å². The maximum Gasteiger partial charge on any atom is 0.233 e. The normalized spacial score (nSPS) is 10.9. The highest BCUT2D eigenvalue weighted by molar-refractivity contribution is 5.64. The van der Waals surface area contributed by atoms with Gasteiger partial charge in [-0.05, 0) is 54.4 Å². The number of benzene rings is 2. The quantitative estimate of drug-likeness (QED) is 0.728. The Morgan fingerprint density at radius 2 is 1.72 bits per heavy atom. The third-order valence-corrected chi connectivity index (χ3v) is 3.73. The van der Waals surface area contributed by atoms with Crippen molar-refractivity contribution in [3.8, 4) is 34.3 Å². The standard InChI is InChI=1S/C20H22N2O3/c1-14(2)13-25-20-12-19(15-4-8-17(23)9-5-15)22(21-20)16-6-10-18(24-3)11-7-16/h4-12,14,23H,13H2,1-3H3. The molecular weight excluding hydrogens is 316 g/mol. The summed E-state index contributed by atoms with van der Waals surface area (Å²) in [6, 6.07) is 16.6. The predicted molar refractivity (Wildman–Crippen MR) is 97.5 cm³/mol. The molecule has 0 saturated heterocycles. The van der Waals surface area contributed by atoms with E-state index in [0.717, 1.165) is 22.7 Å². The lowest BCUT2D eigenvalue weighted by Gasteiger charge is -2.08. The Balaban J connectivity index is 2.02. The molecule has 1 heterocycles. The monoisotopic (exact) mass is 338 g/mol. The third-order valence-electron chi connectivity index (χ3n) is 3.73. The van der Waals surface area contributed by atoms with Crippen molar-refractivity contribution in [2.24, 2.45) is 5.92 Å². The fourth-order valence-corrected chi connectivity index (χ4v) is 2.44. The van der Waals surface area contributed by atoms with Gasteiger partial charge in [0.1, 0.15) is 11.5 Å². The van der Waals surface area contributed by atoms with Crippen LogP contribution in [-0.4, -0.2) is 28.6 Å². The molecule has 3 rings (SSSR count). The van der Waals surface area contributed by atoms with Crippen LogP contribution in [0, 0.1) is 5.92 Å². The van der Waals surface area contributed by atoms with Crippen LogP contribution in [0.1, 0.15) is 13.8 Å². The number of phenolic OH excluding ortho intramolecular Hbond substituents is 1. The minimum atomic E-state index is 0.232. The van der Waals surface area contributed by atoms with Gasteiger partial charge < -0.3 is 14.6 Å². The summed E-state index contributed by atoms with van der Waals surface area (Å²) in [6.07, 6.45) is 0. The van der Waals surface area contributed by atoms with E-state index in [1.807, 2.05) is 47.1 Å². The number of ether oxygens (including phenoxy) is 2. The van der Waals surface area contributed by atoms with E-state index < -0.39 is 0 Å². The first kappa shape index (κ1) is 16.9. The summed E-state index contributed by atoms with van der Waals surface area (Å²) in [4.78, 5) is 0. The van der Waals surface area contributed by atoms with Crippen LogP contribution in [0.3, 0.4) is 0 Å². The second-order valence-corrected chi connectivity index (χ2v) is 6.23. The largest absolute Gasteiger partial charge is 0.508 e. The van der Waals surface area contributed by atoms with Gasteiger partial charge in [0, 0.05) is 11.6 Å². The first-order chi connectivity index (χ1) is 12.1. The highest BCUT2D eigenvalue weighted by atomic mass is 16.5. The molecule has 1 N–H and O–H groups in total. The average Bonchev–Trinajstić information content (AvgIpc) is 3.05. The molecule has 0 amide bonds. The van der Waals surface area contributed by atoms with E-state index >= 15 is 0 Å². The smallest absolute Gasteiger partial charge is 0.233 e. The van der Waals surface area contributed by atoms with Gasteiger partial charge in [0.05, 0.1) is 25.1 Å². The zero-order valence-corrected chi connectivity index (χ0v) is 14.6. The van der Waals surface area contributed by atoms with Gasteiger partial charge in [-0.3, -0.25) is 0 Å². The first-order valence-corrected chi connectivity index (χ1v) is 8.23. The van der Waals surface area contributed by atoms with Crippen molar-refractivity contribution >= 4 is 0 Å². The molecule has 0 spiro atoms. The topological polar surface area (TPSA) is 56.5 Å². The van der Waals surface area contributed by atoms with Gasteiger partial charge in [-0.2, -0.15) is 0 Å². The first-order valence-electron chi connectivity index (χ1n) is 8.23. The lowest BCUT2D eigenvalue weighted by molar-refractivity contribution is 0.260. The van der Waals surface area contributed by atoms with Crippen molar-refractivity contribution in [2.45, 2.75) is 13.8 Å². The predicted octanol–water partition coefficient (Wildman–Crippen LogP) is 4.29. The maximum atomic E-state index is 9.54. The molecule has 0 atom stereocenters. The minimum Gasteiger partial charge on any atom is -0.508 e. The van der Waals surface area contributed by atoms with Gasteiger partial charge in [0.2, 0.25) is 5.88 Å². The maximum absolute atomic E-state index is 9.54. The van der Waals surface area contributed by atoms with E-state index in [1.165, 1.54) is 0 Å². The zero-order chi connectivity index (χ0) is 17.8. The fourth-order valence-electron chi connectivity index (χ4n) is 2.44. The zero-order valence-electron chi connectivity index (χ0n) is 14.6. The van der Waals surface area contributed by atoms with Gasteiger partial charge in [0.25, 0.3) is 0 Å². The number of hydrogen-bond donors (Lipinski definition) is 1. The number of methoxy groups -OCH3 is 1. The van der Waals surface area contributed by atoms with Crippen molar-refractivity contribution < 1.29 is 14.6 Å². The molecule has 0 unspecified atom stereocenters. The highest BCUT2D eigenvalue weighted by Gasteiger charge is 2.13. The molecule has 5 nitrogen and oxygen atoms in total. The Morgan fingerprint density at radius 1 is 1.04 bits per heavy atom. The van der Waals surface area contributed by atoms with Crippen molar-refractivity contribution in [1.82, 2.24) is 9.78 Å². The number of hydrogen-bond acceptors (Lipinski definition) is 4. The SMILES string of the molecule is COc1ccc(-n2nc(OCC(C)C)cc2-c2ccc(O)cc2)cc1. The van der Waals surface area contributed by atoms with Crippen molar-refractivity contribution in [3.05, 3.63) is 54.6 Å². The molecule has 5 heteroatoms. The Bertz CT molecular complexity index is 821. The van der Waals surface area contributed by atoms with Crippen LogP contribution in [0.25, 0.3) is 16.9 Å². The van der Waals surface area contributed by atoms with E-state index in [2.05, 4.69) is 18.9 Å². The number of phenols is 1. The molecule has 130 valence electrons. The lowest BCUT2D eigenvalue weighted by atomic mass is 10.1. The summed E-state index contributed by atoms with van der Waals surface area (Å²) in [7, 11) is 1.64. The van der Waals surface area contributed by atoms with Gasteiger partial charge in [-0.1, -0.05) is 13.8 Å². The summed E-state index contributed by atoms with van der Waals surface area (Å²) in [5.41, 5.74) is 2.74. The van der Waals surface area contributed by atoms with Crippen LogP contribution >= 0.6 is 0 Å². The van der Waals surface area contributed by atoms with Gasteiger partial charge in [-0.15, -0.1) is 5.10 Å². The minimum absolute atomic E-state index is 0.232. The molecule has 0 saturated carbocycles. The van der Waals surface area contributed by atoms with Gasteiger partial charge in [0.15, 0.2) is 0 Å². The molecule has 2 aromatic carbocycles. The molecule has 0 aliphatic carbocycles. The van der Waals surface area contributed by atoms with Gasteiger partial charge >= 0.3 is 0 Å². The molecule has 25 heavy (non-hydrogen) atoms. The fraction of sp³-hybridized carbons (Fsp3) is 0.250. The van der Waals surface area contributed by atoms with Crippen LogP contribution in [0.5, 0.6) is 17.4 Å². The molecule has 0 bridgehead atoms. The number of aromatic nitrogens is 2. The van der Waals surface area contributed by atoms with Crippen molar-refractivity contribution in [3.63, 3.8) is 0 Å².